The summed E-state index contributed by atoms with van der Waals surface area (Å²) in [6.07, 6.45) is 3.02. The molecule has 1 atom stereocenters. The van der Waals surface area contributed by atoms with E-state index in [9.17, 15) is 4.79 Å². The molecule has 1 N–H and O–H groups in total. The van der Waals surface area contributed by atoms with Gasteiger partial charge >= 0.3 is 5.97 Å². The van der Waals surface area contributed by atoms with Gasteiger partial charge in [-0.1, -0.05) is 23.1 Å². The maximum Gasteiger partial charge on any atom is 0.325 e. The molecule has 1 saturated carbocycles. The fourth-order valence-corrected chi connectivity index (χ4v) is 3.86. The summed E-state index contributed by atoms with van der Waals surface area (Å²) in [7, 11) is 1.44. The second-order valence-electron chi connectivity index (χ2n) is 4.93. The first kappa shape index (κ1) is 14.7. The van der Waals surface area contributed by atoms with Crippen molar-refractivity contribution in [1.82, 2.24) is 15.5 Å². The molecule has 1 aromatic rings. The summed E-state index contributed by atoms with van der Waals surface area (Å²) in [5, 5.41) is 12.4. The van der Waals surface area contributed by atoms with Gasteiger partial charge in [0.15, 0.2) is 4.34 Å². The summed E-state index contributed by atoms with van der Waals surface area (Å²) < 4.78 is 5.87. The van der Waals surface area contributed by atoms with Crippen LogP contribution < -0.4 is 5.32 Å². The molecule has 7 heteroatoms. The van der Waals surface area contributed by atoms with E-state index in [1.165, 1.54) is 7.11 Å². The van der Waals surface area contributed by atoms with Crippen molar-refractivity contribution >= 4 is 29.1 Å². The van der Waals surface area contributed by atoms with E-state index in [0.29, 0.717) is 6.04 Å². The lowest BCUT2D eigenvalue weighted by Gasteiger charge is -2.27. The van der Waals surface area contributed by atoms with E-state index in [1.807, 2.05) is 13.8 Å². The van der Waals surface area contributed by atoms with Gasteiger partial charge < -0.3 is 4.74 Å². The van der Waals surface area contributed by atoms with Gasteiger partial charge in [-0.25, -0.2) is 0 Å². The molecule has 2 rings (SSSR count). The molecule has 1 fully saturated rings. The van der Waals surface area contributed by atoms with Gasteiger partial charge in [-0.15, -0.1) is 10.2 Å². The van der Waals surface area contributed by atoms with Crippen LogP contribution in [0.15, 0.2) is 4.34 Å². The van der Waals surface area contributed by atoms with E-state index in [4.69, 9.17) is 4.74 Å². The molecule has 0 aromatic carbocycles. The average molecular weight is 301 g/mol. The van der Waals surface area contributed by atoms with Crippen molar-refractivity contribution in [2.24, 2.45) is 0 Å². The third-order valence-electron chi connectivity index (χ3n) is 3.07. The Morgan fingerprint density at radius 1 is 1.58 bits per heavy atom. The van der Waals surface area contributed by atoms with Crippen LogP contribution in [-0.4, -0.2) is 40.6 Å². The quantitative estimate of drug-likeness (QED) is 0.614. The number of carbonyl (C=O) groups is 1. The van der Waals surface area contributed by atoms with Gasteiger partial charge in [-0.05, 0) is 33.1 Å². The molecule has 0 spiro atoms. The Kier molecular flexibility index (Phi) is 4.81. The van der Waals surface area contributed by atoms with Crippen LogP contribution in [0.25, 0.3) is 0 Å². The smallest absolute Gasteiger partial charge is 0.325 e. The molecule has 5 nitrogen and oxygen atoms in total. The Labute approximate surface area is 121 Å². The zero-order valence-electron chi connectivity index (χ0n) is 11.4. The number of aryl methyl sites for hydroxylation is 1. The third kappa shape index (κ3) is 4.15. The molecule has 0 bridgehead atoms. The molecule has 1 unspecified atom stereocenters. The summed E-state index contributed by atoms with van der Waals surface area (Å²) in [5.74, 6) is 0.633. The first-order valence-corrected chi connectivity index (χ1v) is 8.13. The van der Waals surface area contributed by atoms with Crippen LogP contribution in [0.4, 0.5) is 0 Å². The second-order valence-corrected chi connectivity index (χ2v) is 7.45. The van der Waals surface area contributed by atoms with Crippen LogP contribution in [0, 0.1) is 6.92 Å². The van der Waals surface area contributed by atoms with Gasteiger partial charge in [-0.3, -0.25) is 10.1 Å². The molecule has 1 aliphatic rings. The highest BCUT2D eigenvalue weighted by Crippen LogP contribution is 2.28. The largest absolute Gasteiger partial charge is 0.468 e. The summed E-state index contributed by atoms with van der Waals surface area (Å²) >= 11 is 3.22. The third-order valence-corrected chi connectivity index (χ3v) is 5.04. The highest BCUT2D eigenvalue weighted by atomic mass is 32.2. The number of methoxy groups -OCH3 is 1. The number of rotatable bonds is 7. The van der Waals surface area contributed by atoms with E-state index in [-0.39, 0.29) is 5.97 Å². The number of nitrogens with zero attached hydrogens (tertiary/aromatic N) is 2. The molecule has 0 amide bonds. The van der Waals surface area contributed by atoms with Gasteiger partial charge in [0, 0.05) is 11.8 Å². The van der Waals surface area contributed by atoms with Crippen LogP contribution in [0.3, 0.4) is 0 Å². The highest BCUT2D eigenvalue weighted by Gasteiger charge is 2.38. The van der Waals surface area contributed by atoms with Crippen molar-refractivity contribution in [3.05, 3.63) is 5.01 Å². The first-order valence-electron chi connectivity index (χ1n) is 6.32. The highest BCUT2D eigenvalue weighted by molar-refractivity contribution is 8.01. The molecule has 19 heavy (non-hydrogen) atoms. The van der Waals surface area contributed by atoms with Crippen LogP contribution in [0.1, 0.15) is 31.2 Å². The van der Waals surface area contributed by atoms with E-state index >= 15 is 0 Å². The van der Waals surface area contributed by atoms with Gasteiger partial charge in [0.1, 0.15) is 10.5 Å². The van der Waals surface area contributed by atoms with Crippen LogP contribution in [0.5, 0.6) is 0 Å². The Balaban J connectivity index is 1.86. The second kappa shape index (κ2) is 6.19. The molecule has 1 aliphatic carbocycles. The molecule has 1 aromatic heterocycles. The number of esters is 1. The van der Waals surface area contributed by atoms with Crippen molar-refractivity contribution in [2.45, 2.75) is 49.0 Å². The molecule has 0 aliphatic heterocycles. The topological polar surface area (TPSA) is 64.1 Å². The maximum absolute atomic E-state index is 11.9. The van der Waals surface area contributed by atoms with E-state index in [1.54, 1.807) is 23.1 Å². The lowest BCUT2D eigenvalue weighted by atomic mass is 9.99. The van der Waals surface area contributed by atoms with Crippen LogP contribution in [0.2, 0.25) is 0 Å². The minimum absolute atomic E-state index is 0.187. The van der Waals surface area contributed by atoms with Gasteiger partial charge in [0.2, 0.25) is 0 Å². The van der Waals surface area contributed by atoms with Crippen molar-refractivity contribution in [3.63, 3.8) is 0 Å². The molecule has 1 heterocycles. The summed E-state index contributed by atoms with van der Waals surface area (Å²) in [4.78, 5) is 11.9. The van der Waals surface area contributed by atoms with Crippen molar-refractivity contribution in [1.29, 1.82) is 0 Å². The summed E-state index contributed by atoms with van der Waals surface area (Å²) in [6, 6.07) is 0.470. The number of hydrogen-bond acceptors (Lipinski definition) is 7. The Morgan fingerprint density at radius 2 is 2.32 bits per heavy atom. The normalized spacial score (nSPS) is 18.1. The number of carbonyl (C=O) groups excluding carboxylic acids is 1. The fourth-order valence-electron chi connectivity index (χ4n) is 1.82. The minimum Gasteiger partial charge on any atom is -0.468 e. The molecular formula is C12H19N3O2S2. The summed E-state index contributed by atoms with van der Waals surface area (Å²) in [5.41, 5.74) is -0.595. The lowest BCUT2D eigenvalue weighted by molar-refractivity contribution is -0.148. The number of hydrogen-bond donors (Lipinski definition) is 1. The SMILES string of the molecule is COC(=O)C(C)(CCSc1nnc(C)s1)NC1CC1. The predicted molar refractivity (Wildman–Crippen MR) is 76.6 cm³/mol. The fraction of sp³-hybridized carbons (Fsp3) is 0.750. The standard InChI is InChI=1S/C12H19N3O2S2/c1-8-14-15-11(19-8)18-7-6-12(2,10(16)17-3)13-9-4-5-9/h9,13H,4-7H2,1-3H3. The van der Waals surface area contributed by atoms with Gasteiger partial charge in [-0.2, -0.15) is 0 Å². The monoisotopic (exact) mass is 301 g/mol. The van der Waals surface area contributed by atoms with E-state index in [2.05, 4.69) is 15.5 Å². The van der Waals surface area contributed by atoms with Crippen molar-refractivity contribution in [2.75, 3.05) is 12.9 Å². The van der Waals surface area contributed by atoms with Gasteiger partial charge in [0.25, 0.3) is 0 Å². The minimum atomic E-state index is -0.595. The average Bonchev–Trinajstić information content (AvgIpc) is 3.09. The molecule has 106 valence electrons. The lowest BCUT2D eigenvalue weighted by Crippen LogP contribution is -2.51. The number of aromatic nitrogens is 2. The molecule has 0 saturated heterocycles. The molecular weight excluding hydrogens is 282 g/mol. The van der Waals surface area contributed by atoms with Crippen LogP contribution in [-0.2, 0) is 9.53 Å². The number of ether oxygens (including phenoxy) is 1. The predicted octanol–water partition coefficient (Wildman–Crippen LogP) is 2.01. The van der Waals surface area contributed by atoms with Crippen molar-refractivity contribution in [3.8, 4) is 0 Å². The Morgan fingerprint density at radius 3 is 2.84 bits per heavy atom. The summed E-state index contributed by atoms with van der Waals surface area (Å²) in [6.45, 7) is 3.86. The van der Waals surface area contributed by atoms with Crippen molar-refractivity contribution < 1.29 is 9.53 Å². The zero-order valence-corrected chi connectivity index (χ0v) is 13.1. The first-order chi connectivity index (χ1) is 9.03. The Bertz CT molecular complexity index is 448. The maximum atomic E-state index is 11.9. The van der Waals surface area contributed by atoms with Crippen LogP contribution >= 0.6 is 23.1 Å². The van der Waals surface area contributed by atoms with E-state index < -0.39 is 5.54 Å². The molecule has 0 radical (unpaired) electrons. The number of thioether (sulfide) groups is 1. The van der Waals surface area contributed by atoms with Gasteiger partial charge in [0.05, 0.1) is 7.11 Å². The van der Waals surface area contributed by atoms with E-state index in [0.717, 1.165) is 34.4 Å². The number of nitrogens with one attached hydrogen (secondary N) is 1. The zero-order chi connectivity index (χ0) is 13.9. The Hall–Kier alpha value is -0.660.